The van der Waals surface area contributed by atoms with E-state index in [1.54, 1.807) is 48.5 Å². The fourth-order valence-corrected chi connectivity index (χ4v) is 3.77. The molecule has 5 nitrogen and oxygen atoms in total. The number of halogens is 1. The number of hydrogen-bond donors (Lipinski definition) is 1. The summed E-state index contributed by atoms with van der Waals surface area (Å²) in [5.74, 6) is -0.159. The van der Waals surface area contributed by atoms with Crippen LogP contribution in [0.4, 0.5) is 5.69 Å². The second-order valence-electron chi connectivity index (χ2n) is 7.10. The number of ether oxygens (including phenoxy) is 1. The van der Waals surface area contributed by atoms with E-state index in [1.807, 2.05) is 30.3 Å². The van der Waals surface area contributed by atoms with E-state index in [0.29, 0.717) is 27.6 Å². The van der Waals surface area contributed by atoms with Crippen LogP contribution in [0.15, 0.2) is 78.9 Å². The molecule has 4 rings (SSSR count). The molecule has 0 aromatic heterocycles. The van der Waals surface area contributed by atoms with Gasteiger partial charge in [0.2, 0.25) is 0 Å². The Labute approximate surface area is 179 Å². The van der Waals surface area contributed by atoms with Gasteiger partial charge in [-0.2, -0.15) is 0 Å². The smallest absolute Gasteiger partial charge is 0.264 e. The first-order chi connectivity index (χ1) is 14.5. The molecule has 1 aliphatic heterocycles. The number of hydrogen-bond acceptors (Lipinski definition) is 4. The lowest BCUT2D eigenvalue weighted by atomic mass is 9.88. The Morgan fingerprint density at radius 1 is 0.967 bits per heavy atom. The highest BCUT2D eigenvalue weighted by Crippen LogP contribution is 2.42. The summed E-state index contributed by atoms with van der Waals surface area (Å²) in [5, 5.41) is 11.8. The van der Waals surface area contributed by atoms with E-state index in [1.165, 1.54) is 4.90 Å². The second-order valence-corrected chi connectivity index (χ2v) is 7.54. The molecule has 1 aliphatic rings. The number of fused-ring (bicyclic) bond motifs is 1. The Kier molecular flexibility index (Phi) is 5.57. The van der Waals surface area contributed by atoms with E-state index in [0.717, 1.165) is 0 Å². The molecule has 0 spiro atoms. The summed E-state index contributed by atoms with van der Waals surface area (Å²) < 4.78 is 5.71. The fourth-order valence-electron chi connectivity index (χ4n) is 3.64. The summed E-state index contributed by atoms with van der Waals surface area (Å²) in [6.45, 7) is 0.507. The summed E-state index contributed by atoms with van der Waals surface area (Å²) in [4.78, 5) is 27.5. The molecule has 0 saturated carbocycles. The predicted molar refractivity (Wildman–Crippen MR) is 115 cm³/mol. The number of rotatable bonds is 7. The van der Waals surface area contributed by atoms with E-state index in [2.05, 4.69) is 0 Å². The zero-order chi connectivity index (χ0) is 21.1. The molecule has 0 fully saturated rings. The number of amides is 1. The largest absolute Gasteiger partial charge is 0.492 e. The van der Waals surface area contributed by atoms with E-state index in [9.17, 15) is 14.7 Å². The van der Waals surface area contributed by atoms with E-state index >= 15 is 0 Å². The van der Waals surface area contributed by atoms with Gasteiger partial charge >= 0.3 is 0 Å². The molecule has 152 valence electrons. The molecule has 0 radical (unpaired) electrons. The molecule has 1 amide bonds. The van der Waals surface area contributed by atoms with E-state index in [-0.39, 0.29) is 25.4 Å². The maximum absolute atomic E-state index is 13.2. The molecule has 3 aromatic rings. The Morgan fingerprint density at radius 3 is 2.37 bits per heavy atom. The Bertz CT molecular complexity index is 1070. The lowest BCUT2D eigenvalue weighted by Crippen LogP contribution is -2.43. The van der Waals surface area contributed by atoms with Crippen LogP contribution in [0.5, 0.6) is 5.75 Å². The van der Waals surface area contributed by atoms with Gasteiger partial charge in [-0.05, 0) is 42.5 Å². The molecule has 0 unspecified atom stereocenters. The molecule has 3 aromatic carbocycles. The summed E-state index contributed by atoms with van der Waals surface area (Å²) in [7, 11) is 0. The lowest BCUT2D eigenvalue weighted by Gasteiger charge is -2.23. The lowest BCUT2D eigenvalue weighted by molar-refractivity contribution is -0.135. The molecular weight excluding hydrogens is 402 g/mol. The Morgan fingerprint density at radius 2 is 1.63 bits per heavy atom. The number of Topliss-reactive ketones (excluding diaryl/α,β-unsaturated/α-hetero) is 1. The number of anilines is 1. The van der Waals surface area contributed by atoms with Crippen molar-refractivity contribution in [3.63, 3.8) is 0 Å². The van der Waals surface area contributed by atoms with Gasteiger partial charge < -0.3 is 14.7 Å². The highest BCUT2D eigenvalue weighted by atomic mass is 35.5. The molecule has 0 saturated heterocycles. The van der Waals surface area contributed by atoms with Gasteiger partial charge in [0, 0.05) is 16.1 Å². The van der Waals surface area contributed by atoms with Crippen LogP contribution in [0.2, 0.25) is 5.02 Å². The minimum Gasteiger partial charge on any atom is -0.492 e. The van der Waals surface area contributed by atoms with Crippen molar-refractivity contribution >= 4 is 29.0 Å². The van der Waals surface area contributed by atoms with Crippen LogP contribution in [0, 0.1) is 0 Å². The Hall–Kier alpha value is -3.15. The molecule has 6 heteroatoms. The highest BCUT2D eigenvalue weighted by Gasteiger charge is 2.50. The fraction of sp³-hybridized carbons (Fsp3) is 0.167. The van der Waals surface area contributed by atoms with Crippen molar-refractivity contribution in [2.24, 2.45) is 0 Å². The second kappa shape index (κ2) is 8.30. The average molecular weight is 422 g/mol. The van der Waals surface area contributed by atoms with Crippen LogP contribution in [0.3, 0.4) is 0 Å². The standard InChI is InChI=1S/C24H20ClNO4/c25-18-12-10-17(11-13-18)22(27)16-24(29)20-8-4-5-9-21(20)26(23(24)28)14-15-30-19-6-2-1-3-7-19/h1-13,29H,14-16H2/t24-/m0/s1. The first-order valence-electron chi connectivity index (χ1n) is 9.59. The summed E-state index contributed by atoms with van der Waals surface area (Å²) >= 11 is 5.88. The topological polar surface area (TPSA) is 66.8 Å². The van der Waals surface area contributed by atoms with Gasteiger partial charge in [0.15, 0.2) is 11.4 Å². The van der Waals surface area contributed by atoms with Gasteiger partial charge in [-0.3, -0.25) is 9.59 Å². The predicted octanol–water partition coefficient (Wildman–Crippen LogP) is 4.23. The van der Waals surface area contributed by atoms with E-state index in [4.69, 9.17) is 16.3 Å². The summed E-state index contributed by atoms with van der Waals surface area (Å²) in [6.07, 6.45) is -0.347. The van der Waals surface area contributed by atoms with Crippen molar-refractivity contribution in [2.45, 2.75) is 12.0 Å². The molecular formula is C24H20ClNO4. The third-order valence-corrected chi connectivity index (χ3v) is 5.40. The van der Waals surface area contributed by atoms with Crippen LogP contribution < -0.4 is 9.64 Å². The number of carbonyl (C=O) groups is 2. The van der Waals surface area contributed by atoms with Crippen LogP contribution >= 0.6 is 11.6 Å². The van der Waals surface area contributed by atoms with Crippen LogP contribution in [0.25, 0.3) is 0 Å². The van der Waals surface area contributed by atoms with Gasteiger partial charge in [-0.25, -0.2) is 0 Å². The maximum atomic E-state index is 13.2. The van der Waals surface area contributed by atoms with Crippen molar-refractivity contribution in [2.75, 3.05) is 18.1 Å². The molecule has 1 heterocycles. The quantitative estimate of drug-likeness (QED) is 0.580. The number of nitrogens with zero attached hydrogens (tertiary/aromatic N) is 1. The molecule has 0 aliphatic carbocycles. The number of benzene rings is 3. The first kappa shape index (κ1) is 20.1. The van der Waals surface area contributed by atoms with E-state index < -0.39 is 11.5 Å². The number of aliphatic hydroxyl groups is 1. The van der Waals surface area contributed by atoms with Crippen LogP contribution in [0.1, 0.15) is 22.3 Å². The van der Waals surface area contributed by atoms with Crippen molar-refractivity contribution in [1.82, 2.24) is 0 Å². The summed E-state index contributed by atoms with van der Waals surface area (Å²) in [6, 6.07) is 22.7. The monoisotopic (exact) mass is 421 g/mol. The normalized spacial score (nSPS) is 17.7. The van der Waals surface area contributed by atoms with Gasteiger partial charge in [-0.15, -0.1) is 0 Å². The maximum Gasteiger partial charge on any atom is 0.264 e. The highest BCUT2D eigenvalue weighted by molar-refractivity contribution is 6.30. The Balaban J connectivity index is 1.54. The third-order valence-electron chi connectivity index (χ3n) is 5.15. The molecule has 1 N–H and O–H groups in total. The zero-order valence-corrected chi connectivity index (χ0v) is 16.9. The van der Waals surface area contributed by atoms with Gasteiger partial charge in [-0.1, -0.05) is 48.0 Å². The van der Waals surface area contributed by atoms with Gasteiger partial charge in [0.1, 0.15) is 12.4 Å². The molecule has 1 atom stereocenters. The number of ketones is 1. The SMILES string of the molecule is O=C(C[C@@]1(O)C(=O)N(CCOc2ccccc2)c2ccccc21)c1ccc(Cl)cc1. The van der Waals surface area contributed by atoms with Crippen molar-refractivity contribution in [1.29, 1.82) is 0 Å². The van der Waals surface area contributed by atoms with Crippen molar-refractivity contribution < 1.29 is 19.4 Å². The van der Waals surface area contributed by atoms with Crippen LogP contribution in [-0.4, -0.2) is 29.9 Å². The third kappa shape index (κ3) is 3.82. The number of carbonyl (C=O) groups excluding carboxylic acids is 2. The minimum absolute atomic E-state index is 0.252. The first-order valence-corrected chi connectivity index (χ1v) is 9.97. The summed E-state index contributed by atoms with van der Waals surface area (Å²) in [5.41, 5.74) is -0.508. The van der Waals surface area contributed by atoms with Gasteiger partial charge in [0.05, 0.1) is 18.7 Å². The van der Waals surface area contributed by atoms with Crippen LogP contribution in [-0.2, 0) is 10.4 Å². The van der Waals surface area contributed by atoms with Crippen molar-refractivity contribution in [3.8, 4) is 5.75 Å². The van der Waals surface area contributed by atoms with Crippen molar-refractivity contribution in [3.05, 3.63) is 95.0 Å². The van der Waals surface area contributed by atoms with Gasteiger partial charge in [0.25, 0.3) is 5.91 Å². The minimum atomic E-state index is -1.92. The molecule has 0 bridgehead atoms. The number of para-hydroxylation sites is 2. The molecule has 30 heavy (non-hydrogen) atoms. The zero-order valence-electron chi connectivity index (χ0n) is 16.1. The average Bonchev–Trinajstić information content (AvgIpc) is 2.97.